The minimum Gasteiger partial charge on any atom is -0.377 e. The normalized spacial score (nSPS) is 11.5. The lowest BCUT2D eigenvalue weighted by Crippen LogP contribution is -1.93. The van der Waals surface area contributed by atoms with Crippen LogP contribution in [0.5, 0.6) is 0 Å². The molecular formula is C15H25IO. The first-order chi connectivity index (χ1) is 8.27. The van der Waals surface area contributed by atoms with Crippen LogP contribution in [0.2, 0.25) is 0 Å². The second-order valence-electron chi connectivity index (χ2n) is 4.14. The highest BCUT2D eigenvalue weighted by Gasteiger charge is 1.82. The Balaban J connectivity index is 3.27. The van der Waals surface area contributed by atoms with Gasteiger partial charge in [-0.25, -0.2) is 0 Å². The van der Waals surface area contributed by atoms with Gasteiger partial charge in [0.05, 0.1) is 13.2 Å². The van der Waals surface area contributed by atoms with Gasteiger partial charge in [-0.2, -0.15) is 0 Å². The minimum atomic E-state index is 0.757. The van der Waals surface area contributed by atoms with E-state index >= 15 is 0 Å². The van der Waals surface area contributed by atoms with E-state index in [1.807, 2.05) is 0 Å². The van der Waals surface area contributed by atoms with Crippen molar-refractivity contribution < 1.29 is 4.74 Å². The molecule has 0 N–H and O–H groups in total. The first-order valence-corrected chi connectivity index (χ1v) is 7.87. The summed E-state index contributed by atoms with van der Waals surface area (Å²) in [6.07, 6.45) is 15.7. The maximum Gasteiger partial charge on any atom is 0.0647 e. The number of unbranched alkanes of at least 4 members (excludes halogenated alkanes) is 2. The van der Waals surface area contributed by atoms with Gasteiger partial charge >= 0.3 is 0 Å². The summed E-state index contributed by atoms with van der Waals surface area (Å²) in [7, 11) is 0. The van der Waals surface area contributed by atoms with Crippen LogP contribution < -0.4 is 0 Å². The molecule has 0 saturated carbocycles. The maximum atomic E-state index is 5.35. The molecule has 0 aliphatic heterocycles. The van der Waals surface area contributed by atoms with Crippen molar-refractivity contribution in [2.45, 2.75) is 39.5 Å². The molecular weight excluding hydrogens is 323 g/mol. The van der Waals surface area contributed by atoms with Gasteiger partial charge in [0.25, 0.3) is 0 Å². The highest BCUT2D eigenvalue weighted by molar-refractivity contribution is 14.1. The van der Waals surface area contributed by atoms with Crippen molar-refractivity contribution in [1.82, 2.24) is 0 Å². The van der Waals surface area contributed by atoms with Crippen molar-refractivity contribution in [2.24, 2.45) is 0 Å². The van der Waals surface area contributed by atoms with Crippen molar-refractivity contribution in [3.8, 4) is 0 Å². The van der Waals surface area contributed by atoms with E-state index in [9.17, 15) is 0 Å². The van der Waals surface area contributed by atoms with E-state index in [0.717, 1.165) is 36.9 Å². The summed E-state index contributed by atoms with van der Waals surface area (Å²) in [4.78, 5) is 0. The fourth-order valence-corrected chi connectivity index (χ4v) is 1.60. The van der Waals surface area contributed by atoms with E-state index in [-0.39, 0.29) is 0 Å². The Hall–Kier alpha value is -0.0900. The van der Waals surface area contributed by atoms with Gasteiger partial charge < -0.3 is 4.74 Å². The van der Waals surface area contributed by atoms with Gasteiger partial charge in [-0.1, -0.05) is 58.5 Å². The Bertz CT molecular complexity index is 237. The summed E-state index contributed by atoms with van der Waals surface area (Å²) in [5.41, 5.74) is 1.41. The monoisotopic (exact) mass is 348 g/mol. The van der Waals surface area contributed by atoms with Gasteiger partial charge in [-0.15, -0.1) is 0 Å². The highest BCUT2D eigenvalue weighted by atomic mass is 127. The average molecular weight is 348 g/mol. The Kier molecular flexibility index (Phi) is 13.9. The van der Waals surface area contributed by atoms with Crippen LogP contribution in [0, 0.1) is 0 Å². The second-order valence-corrected chi connectivity index (χ2v) is 5.22. The van der Waals surface area contributed by atoms with Crippen molar-refractivity contribution in [1.29, 1.82) is 0 Å². The van der Waals surface area contributed by atoms with Gasteiger partial charge in [-0.3, -0.25) is 0 Å². The Morgan fingerprint density at radius 2 is 1.53 bits per heavy atom. The smallest absolute Gasteiger partial charge is 0.0647 e. The summed E-state index contributed by atoms with van der Waals surface area (Å²) in [5, 5.41) is 0. The molecule has 0 atom stereocenters. The van der Waals surface area contributed by atoms with Crippen LogP contribution in [0.4, 0.5) is 0 Å². The molecule has 0 aromatic carbocycles. The lowest BCUT2D eigenvalue weighted by molar-refractivity contribution is 0.182. The SMILES string of the molecule is CC(C)=CCC/C=C/CC/C=C/COCCI. The molecule has 0 heterocycles. The first kappa shape index (κ1) is 16.9. The van der Waals surface area contributed by atoms with Crippen LogP contribution in [-0.4, -0.2) is 17.6 Å². The van der Waals surface area contributed by atoms with E-state index in [0.29, 0.717) is 0 Å². The van der Waals surface area contributed by atoms with Crippen LogP contribution >= 0.6 is 22.6 Å². The minimum absolute atomic E-state index is 0.757. The molecule has 0 fully saturated rings. The van der Waals surface area contributed by atoms with Gasteiger partial charge in [-0.05, 0) is 39.5 Å². The quantitative estimate of drug-likeness (QED) is 0.232. The predicted octanol–water partition coefficient (Wildman–Crippen LogP) is 5.08. The summed E-state index contributed by atoms with van der Waals surface area (Å²) < 4.78 is 6.42. The third-order valence-corrected chi connectivity index (χ3v) is 2.60. The molecule has 2 heteroatoms. The molecule has 0 amide bonds. The Labute approximate surface area is 120 Å². The van der Waals surface area contributed by atoms with Crippen molar-refractivity contribution in [3.05, 3.63) is 36.0 Å². The summed E-state index contributed by atoms with van der Waals surface area (Å²) in [6.45, 7) is 5.91. The van der Waals surface area contributed by atoms with Crippen molar-refractivity contribution in [2.75, 3.05) is 17.6 Å². The molecule has 0 bridgehead atoms. The number of ether oxygens (including phenoxy) is 1. The fourth-order valence-electron chi connectivity index (χ4n) is 1.29. The molecule has 0 aliphatic rings. The van der Waals surface area contributed by atoms with Crippen LogP contribution in [0.3, 0.4) is 0 Å². The van der Waals surface area contributed by atoms with E-state index in [1.54, 1.807) is 0 Å². The third kappa shape index (κ3) is 15.9. The van der Waals surface area contributed by atoms with E-state index in [2.05, 4.69) is 66.8 Å². The lowest BCUT2D eigenvalue weighted by atomic mass is 10.2. The summed E-state index contributed by atoms with van der Waals surface area (Å²) in [5.74, 6) is 0. The molecule has 0 aromatic heterocycles. The molecule has 0 rings (SSSR count). The number of hydrogen-bond donors (Lipinski definition) is 0. The Morgan fingerprint density at radius 3 is 2.12 bits per heavy atom. The average Bonchev–Trinajstić information content (AvgIpc) is 2.30. The molecule has 17 heavy (non-hydrogen) atoms. The topological polar surface area (TPSA) is 9.23 Å². The second kappa shape index (κ2) is 14.0. The summed E-state index contributed by atoms with van der Waals surface area (Å²) in [6, 6.07) is 0. The zero-order valence-electron chi connectivity index (χ0n) is 11.1. The number of allylic oxidation sites excluding steroid dienone is 5. The van der Waals surface area contributed by atoms with Gasteiger partial charge in [0, 0.05) is 4.43 Å². The fraction of sp³-hybridized carbons (Fsp3) is 0.600. The first-order valence-electron chi connectivity index (χ1n) is 6.34. The number of rotatable bonds is 10. The maximum absolute atomic E-state index is 5.35. The van der Waals surface area contributed by atoms with E-state index in [1.165, 1.54) is 12.0 Å². The molecule has 0 spiro atoms. The molecule has 0 unspecified atom stereocenters. The van der Waals surface area contributed by atoms with Crippen molar-refractivity contribution >= 4 is 22.6 Å². The van der Waals surface area contributed by atoms with E-state index in [4.69, 9.17) is 4.74 Å². The molecule has 0 aliphatic carbocycles. The number of halogens is 1. The van der Waals surface area contributed by atoms with Crippen LogP contribution in [-0.2, 0) is 4.74 Å². The standard InChI is InChI=1S/C15H25IO/c1-15(2)11-9-7-5-3-4-6-8-10-13-17-14-12-16/h3,5,8,10-11H,4,6-7,9,12-14H2,1-2H3/b5-3+,10-8+. The third-order valence-electron chi connectivity index (χ3n) is 2.15. The number of alkyl halides is 1. The largest absolute Gasteiger partial charge is 0.377 e. The number of hydrogen-bond acceptors (Lipinski definition) is 1. The highest BCUT2D eigenvalue weighted by Crippen LogP contribution is 2.00. The Morgan fingerprint density at radius 1 is 0.941 bits per heavy atom. The van der Waals surface area contributed by atoms with Gasteiger partial charge in [0.1, 0.15) is 0 Å². The molecule has 0 radical (unpaired) electrons. The summed E-state index contributed by atoms with van der Waals surface area (Å²) >= 11 is 2.32. The zero-order chi connectivity index (χ0) is 12.8. The molecule has 1 nitrogen and oxygen atoms in total. The predicted molar refractivity (Wildman–Crippen MR) is 85.9 cm³/mol. The van der Waals surface area contributed by atoms with Gasteiger partial charge in [0.2, 0.25) is 0 Å². The molecule has 0 aromatic rings. The molecule has 98 valence electrons. The zero-order valence-corrected chi connectivity index (χ0v) is 13.3. The van der Waals surface area contributed by atoms with E-state index < -0.39 is 0 Å². The van der Waals surface area contributed by atoms with Crippen LogP contribution in [0.1, 0.15) is 39.5 Å². The lowest BCUT2D eigenvalue weighted by Gasteiger charge is -1.94. The van der Waals surface area contributed by atoms with Gasteiger partial charge in [0.15, 0.2) is 0 Å². The van der Waals surface area contributed by atoms with Crippen LogP contribution in [0.25, 0.3) is 0 Å². The molecule has 0 saturated heterocycles. The van der Waals surface area contributed by atoms with Crippen LogP contribution in [0.15, 0.2) is 36.0 Å². The van der Waals surface area contributed by atoms with Crippen molar-refractivity contribution in [3.63, 3.8) is 0 Å².